The molecule has 0 aromatic heterocycles. The van der Waals surface area contributed by atoms with Crippen molar-refractivity contribution in [1.82, 2.24) is 5.32 Å². The Morgan fingerprint density at radius 3 is 2.36 bits per heavy atom. The first-order valence-electron chi connectivity index (χ1n) is 15.8. The summed E-state index contributed by atoms with van der Waals surface area (Å²) in [6, 6.07) is 0. The number of amides is 1. The second kappa shape index (κ2) is 12.4. The molecule has 244 valence electrons. The molecule has 44 heavy (non-hydrogen) atoms. The van der Waals surface area contributed by atoms with Crippen molar-refractivity contribution in [2.75, 3.05) is 13.2 Å². The maximum atomic E-state index is 13.9. The van der Waals surface area contributed by atoms with Crippen molar-refractivity contribution in [2.45, 2.75) is 111 Å². The SMILES string of the molecule is CC(=O)O[C@]1(C(=O)COC(=O)CCC(=O)NCC(C)(C)[C@H](O)C(=O)O)CC[C@@H]2[C@@H]3CCC4=CC(=O)CC[C@]4(C)[C@H]3CC[C@@]21C. The minimum atomic E-state index is -1.68. The lowest BCUT2D eigenvalue weighted by molar-refractivity contribution is -0.191. The number of aliphatic hydroxyl groups is 1. The first-order valence-corrected chi connectivity index (χ1v) is 15.8. The fourth-order valence-electron chi connectivity index (χ4n) is 8.88. The van der Waals surface area contributed by atoms with E-state index in [2.05, 4.69) is 12.2 Å². The van der Waals surface area contributed by atoms with Crippen LogP contribution in [0.5, 0.6) is 0 Å². The Balaban J connectivity index is 1.39. The number of nitrogens with one attached hydrogen (secondary N) is 1. The zero-order valence-electron chi connectivity index (χ0n) is 26.5. The predicted octanol–water partition coefficient (Wildman–Crippen LogP) is 3.30. The third-order valence-corrected chi connectivity index (χ3v) is 11.5. The molecule has 11 nitrogen and oxygen atoms in total. The van der Waals surface area contributed by atoms with Gasteiger partial charge in [-0.15, -0.1) is 0 Å². The van der Waals surface area contributed by atoms with Gasteiger partial charge in [0, 0.05) is 37.1 Å². The maximum Gasteiger partial charge on any atom is 0.333 e. The summed E-state index contributed by atoms with van der Waals surface area (Å²) >= 11 is 0. The molecule has 4 aliphatic carbocycles. The highest BCUT2D eigenvalue weighted by molar-refractivity contribution is 5.93. The van der Waals surface area contributed by atoms with E-state index in [1.54, 1.807) is 0 Å². The quantitative estimate of drug-likeness (QED) is 0.292. The summed E-state index contributed by atoms with van der Waals surface area (Å²) in [5.41, 5.74) is -1.96. The number of carboxylic acids is 1. The van der Waals surface area contributed by atoms with Crippen LogP contribution in [-0.2, 0) is 38.2 Å². The van der Waals surface area contributed by atoms with E-state index in [-0.39, 0.29) is 36.5 Å². The van der Waals surface area contributed by atoms with Crippen LogP contribution in [0.4, 0.5) is 0 Å². The second-order valence-electron chi connectivity index (χ2n) is 14.5. The third kappa shape index (κ3) is 6.08. The van der Waals surface area contributed by atoms with E-state index >= 15 is 0 Å². The number of esters is 2. The standard InChI is InChI=1S/C33H47NO10/c1-19(35)44-33(25(37)17-43-27(39)9-8-26(38)34-18-30(2,3)28(40)29(41)42)15-12-24-22-7-6-20-16-21(36)10-13-31(20,4)23(22)11-14-32(24,33)5/h16,22-24,28,40H,6-15,17-18H2,1-5H3,(H,34,38)(H,41,42)/t22-,23+,24-,28-,31+,32+,33+/m1/s1. The highest BCUT2D eigenvalue weighted by Gasteiger charge is 2.68. The van der Waals surface area contributed by atoms with E-state index in [1.807, 2.05) is 13.0 Å². The molecular formula is C33H47NO10. The number of rotatable bonds is 11. The van der Waals surface area contributed by atoms with E-state index in [0.29, 0.717) is 37.5 Å². The summed E-state index contributed by atoms with van der Waals surface area (Å²) in [5, 5.41) is 21.3. The minimum absolute atomic E-state index is 0.0392. The molecule has 0 aliphatic heterocycles. The Kier molecular flexibility index (Phi) is 9.50. The minimum Gasteiger partial charge on any atom is -0.479 e. The van der Waals surface area contributed by atoms with Crippen molar-refractivity contribution in [3.05, 3.63) is 11.6 Å². The van der Waals surface area contributed by atoms with Crippen molar-refractivity contribution >= 4 is 35.4 Å². The molecule has 3 saturated carbocycles. The number of ketones is 2. The van der Waals surface area contributed by atoms with Gasteiger partial charge in [-0.25, -0.2) is 4.79 Å². The Labute approximate surface area is 258 Å². The van der Waals surface area contributed by atoms with Gasteiger partial charge < -0.3 is 25.0 Å². The van der Waals surface area contributed by atoms with Crippen molar-refractivity contribution in [2.24, 2.45) is 34.0 Å². The Hall–Kier alpha value is -3.08. The average Bonchev–Trinajstić information content (AvgIpc) is 3.25. The highest BCUT2D eigenvalue weighted by atomic mass is 16.6. The molecule has 11 heteroatoms. The molecule has 0 heterocycles. The third-order valence-electron chi connectivity index (χ3n) is 11.5. The summed E-state index contributed by atoms with van der Waals surface area (Å²) in [4.78, 5) is 74.3. The van der Waals surface area contributed by atoms with Gasteiger partial charge >= 0.3 is 17.9 Å². The topological polar surface area (TPSA) is 173 Å². The number of carbonyl (C=O) groups excluding carboxylic acids is 5. The van der Waals surface area contributed by atoms with E-state index < -0.39 is 58.7 Å². The van der Waals surface area contributed by atoms with E-state index in [9.17, 15) is 33.9 Å². The fraction of sp³-hybridized carbons (Fsp3) is 0.758. The molecule has 0 aromatic carbocycles. The molecule has 4 aliphatic rings. The molecular weight excluding hydrogens is 570 g/mol. The molecule has 0 radical (unpaired) electrons. The largest absolute Gasteiger partial charge is 0.479 e. The van der Waals surface area contributed by atoms with Crippen LogP contribution in [0.15, 0.2) is 11.6 Å². The molecule has 0 saturated heterocycles. The predicted molar refractivity (Wildman–Crippen MR) is 157 cm³/mol. The van der Waals surface area contributed by atoms with E-state index in [1.165, 1.54) is 26.3 Å². The molecule has 3 N–H and O–H groups in total. The molecule has 0 unspecified atom stereocenters. The van der Waals surface area contributed by atoms with Gasteiger partial charge in [0.15, 0.2) is 24.1 Å². The zero-order valence-corrected chi connectivity index (χ0v) is 26.5. The van der Waals surface area contributed by atoms with Crippen molar-refractivity contribution in [3.63, 3.8) is 0 Å². The first kappa shape index (κ1) is 33.8. The zero-order chi connectivity index (χ0) is 32.7. The summed E-state index contributed by atoms with van der Waals surface area (Å²) in [6.45, 7) is 7.90. The Morgan fingerprint density at radius 2 is 1.70 bits per heavy atom. The van der Waals surface area contributed by atoms with Gasteiger partial charge in [0.2, 0.25) is 11.7 Å². The normalized spacial score (nSPS) is 33.5. The molecule has 0 aromatic rings. The molecule has 1 amide bonds. The van der Waals surface area contributed by atoms with Crippen LogP contribution in [0, 0.1) is 34.0 Å². The maximum absolute atomic E-state index is 13.9. The van der Waals surface area contributed by atoms with Crippen LogP contribution in [0.25, 0.3) is 0 Å². The Bertz CT molecular complexity index is 1250. The molecule has 4 rings (SSSR count). The summed E-state index contributed by atoms with van der Waals surface area (Å²) in [6.07, 6.45) is 5.40. The first-order chi connectivity index (χ1) is 20.5. The van der Waals surface area contributed by atoms with Gasteiger partial charge in [0.05, 0.1) is 6.42 Å². The number of fused-ring (bicyclic) bond motifs is 5. The van der Waals surface area contributed by atoms with Gasteiger partial charge in [-0.05, 0) is 74.2 Å². The van der Waals surface area contributed by atoms with Crippen molar-refractivity contribution in [3.8, 4) is 0 Å². The van der Waals surface area contributed by atoms with Crippen LogP contribution >= 0.6 is 0 Å². The molecule has 3 fully saturated rings. The molecule has 7 atom stereocenters. The number of Topliss-reactive ketones (excluding diaryl/α,β-unsaturated/α-hetero) is 1. The van der Waals surface area contributed by atoms with Gasteiger partial charge in [0.25, 0.3) is 0 Å². The summed E-state index contributed by atoms with van der Waals surface area (Å²) in [5.74, 6) is -2.64. The van der Waals surface area contributed by atoms with E-state index in [0.717, 1.165) is 25.7 Å². The number of aliphatic carboxylic acids is 1. The lowest BCUT2D eigenvalue weighted by Gasteiger charge is -2.59. The van der Waals surface area contributed by atoms with Crippen LogP contribution in [-0.4, -0.2) is 70.5 Å². The summed E-state index contributed by atoms with van der Waals surface area (Å²) < 4.78 is 11.2. The Morgan fingerprint density at radius 1 is 1.02 bits per heavy atom. The van der Waals surface area contributed by atoms with Crippen molar-refractivity contribution < 1.29 is 48.5 Å². The smallest absolute Gasteiger partial charge is 0.333 e. The van der Waals surface area contributed by atoms with Gasteiger partial charge in [0.1, 0.15) is 0 Å². The number of carboxylic acid groups (broad SMARTS) is 1. The van der Waals surface area contributed by atoms with Crippen LogP contribution < -0.4 is 5.32 Å². The van der Waals surface area contributed by atoms with E-state index in [4.69, 9.17) is 14.6 Å². The number of carbonyl (C=O) groups is 6. The van der Waals surface area contributed by atoms with Crippen molar-refractivity contribution in [1.29, 1.82) is 0 Å². The number of hydrogen-bond donors (Lipinski definition) is 3. The van der Waals surface area contributed by atoms with Gasteiger partial charge in [-0.1, -0.05) is 33.3 Å². The van der Waals surface area contributed by atoms with Crippen LogP contribution in [0.3, 0.4) is 0 Å². The van der Waals surface area contributed by atoms with Gasteiger partial charge in [-0.3, -0.25) is 24.0 Å². The number of hydrogen-bond acceptors (Lipinski definition) is 9. The molecule has 0 spiro atoms. The average molecular weight is 618 g/mol. The molecule has 0 bridgehead atoms. The monoisotopic (exact) mass is 617 g/mol. The highest BCUT2D eigenvalue weighted by Crippen LogP contribution is 2.68. The lowest BCUT2D eigenvalue weighted by Crippen LogP contribution is -2.59. The summed E-state index contributed by atoms with van der Waals surface area (Å²) in [7, 11) is 0. The lowest BCUT2D eigenvalue weighted by atomic mass is 9.46. The number of ether oxygens (including phenoxy) is 2. The van der Waals surface area contributed by atoms with Crippen LogP contribution in [0.2, 0.25) is 0 Å². The fourth-order valence-corrected chi connectivity index (χ4v) is 8.88. The number of aliphatic hydroxyl groups excluding tert-OH is 1. The number of allylic oxidation sites excluding steroid dienone is 1. The second-order valence-corrected chi connectivity index (χ2v) is 14.5. The van der Waals surface area contributed by atoms with Gasteiger partial charge in [-0.2, -0.15) is 0 Å². The van der Waals surface area contributed by atoms with Crippen LogP contribution in [0.1, 0.15) is 98.8 Å².